The molecule has 128 valence electrons. The molecule has 1 N–H and O–H groups in total. The summed E-state index contributed by atoms with van der Waals surface area (Å²) in [5.41, 5.74) is 1.95. The Bertz CT molecular complexity index is 515. The predicted octanol–water partition coefficient (Wildman–Crippen LogP) is 3.10. The van der Waals surface area contributed by atoms with Gasteiger partial charge in [0.2, 0.25) is 11.9 Å². The van der Waals surface area contributed by atoms with Gasteiger partial charge < -0.3 is 10.2 Å². The molecule has 0 radical (unpaired) electrons. The number of aryl methyl sites for hydroxylation is 1. The third-order valence-corrected chi connectivity index (χ3v) is 4.81. The molecule has 2 heterocycles. The molecule has 23 heavy (non-hydrogen) atoms. The molecule has 1 aromatic rings. The Morgan fingerprint density at radius 2 is 1.96 bits per heavy atom. The average Bonchev–Trinajstić information content (AvgIpc) is 2.46. The summed E-state index contributed by atoms with van der Waals surface area (Å²) in [5.74, 6) is 1.36. The smallest absolute Gasteiger partial charge is 0.230 e. The number of aromatic nitrogens is 2. The first-order valence-corrected chi connectivity index (χ1v) is 9.88. The van der Waals surface area contributed by atoms with E-state index in [1.165, 1.54) is 43.9 Å². The van der Waals surface area contributed by atoms with Crippen LogP contribution in [-0.4, -0.2) is 41.0 Å². The van der Waals surface area contributed by atoms with Gasteiger partial charge >= 0.3 is 0 Å². The molecule has 1 saturated heterocycles. The van der Waals surface area contributed by atoms with E-state index >= 15 is 0 Å². The van der Waals surface area contributed by atoms with Crippen LogP contribution in [0.2, 0.25) is 0 Å². The van der Waals surface area contributed by atoms with Crippen LogP contribution in [0.5, 0.6) is 0 Å². The highest BCUT2D eigenvalue weighted by Crippen LogP contribution is 2.20. The standard InChI is InChI=1S/C17H28N4OS/c1-13(19-16(22)12-23-3)15-11-18-17(20-14(15)2)21-9-7-5-4-6-8-10-21/h11,13H,4-10,12H2,1-3H3,(H,19,22). The van der Waals surface area contributed by atoms with Crippen molar-refractivity contribution in [2.75, 3.05) is 30.0 Å². The fourth-order valence-electron chi connectivity index (χ4n) is 2.98. The SMILES string of the molecule is CSCC(=O)NC(C)c1cnc(N2CCCCCCC2)nc1C. The van der Waals surface area contributed by atoms with E-state index in [-0.39, 0.29) is 11.9 Å². The molecule has 0 bridgehead atoms. The van der Waals surface area contributed by atoms with Gasteiger partial charge in [-0.1, -0.05) is 19.3 Å². The number of carbonyl (C=O) groups is 1. The zero-order valence-corrected chi connectivity index (χ0v) is 15.3. The number of nitrogens with zero attached hydrogens (tertiary/aromatic N) is 3. The zero-order chi connectivity index (χ0) is 16.7. The second-order valence-corrected chi connectivity index (χ2v) is 7.05. The van der Waals surface area contributed by atoms with E-state index in [0.29, 0.717) is 5.75 Å². The molecule has 1 unspecified atom stereocenters. The summed E-state index contributed by atoms with van der Waals surface area (Å²) in [5, 5.41) is 3.00. The van der Waals surface area contributed by atoms with Crippen LogP contribution in [0.3, 0.4) is 0 Å². The van der Waals surface area contributed by atoms with Gasteiger partial charge in [-0.2, -0.15) is 11.8 Å². The van der Waals surface area contributed by atoms with Crippen LogP contribution >= 0.6 is 11.8 Å². The molecular weight excluding hydrogens is 308 g/mol. The third kappa shape index (κ3) is 5.37. The fourth-order valence-corrected chi connectivity index (χ4v) is 3.33. The van der Waals surface area contributed by atoms with Gasteiger partial charge in [-0.25, -0.2) is 9.97 Å². The molecule has 0 saturated carbocycles. The van der Waals surface area contributed by atoms with Crippen molar-refractivity contribution in [3.63, 3.8) is 0 Å². The first-order valence-electron chi connectivity index (χ1n) is 8.48. The van der Waals surface area contributed by atoms with E-state index in [1.54, 1.807) is 0 Å². The Kier molecular flexibility index (Phi) is 7.15. The maximum atomic E-state index is 11.7. The molecule has 0 aromatic carbocycles. The Morgan fingerprint density at radius 3 is 2.57 bits per heavy atom. The first kappa shape index (κ1) is 18.0. The second-order valence-electron chi connectivity index (χ2n) is 6.19. The number of hydrogen-bond donors (Lipinski definition) is 1. The minimum atomic E-state index is -0.0592. The Hall–Kier alpha value is -1.30. The zero-order valence-electron chi connectivity index (χ0n) is 14.5. The molecule has 1 fully saturated rings. The van der Waals surface area contributed by atoms with E-state index in [9.17, 15) is 4.79 Å². The van der Waals surface area contributed by atoms with Crippen molar-refractivity contribution in [3.05, 3.63) is 17.5 Å². The van der Waals surface area contributed by atoms with Crippen LogP contribution in [0.15, 0.2) is 6.20 Å². The monoisotopic (exact) mass is 336 g/mol. The number of amides is 1. The molecule has 1 aromatic heterocycles. The number of thioether (sulfide) groups is 1. The van der Waals surface area contributed by atoms with Crippen LogP contribution in [0.4, 0.5) is 5.95 Å². The molecule has 1 amide bonds. The predicted molar refractivity (Wildman–Crippen MR) is 97.0 cm³/mol. The minimum Gasteiger partial charge on any atom is -0.349 e. The van der Waals surface area contributed by atoms with Crippen LogP contribution in [0.25, 0.3) is 0 Å². The summed E-state index contributed by atoms with van der Waals surface area (Å²) in [6.07, 6.45) is 10.2. The van der Waals surface area contributed by atoms with E-state index in [2.05, 4.69) is 15.2 Å². The molecule has 5 nitrogen and oxygen atoms in total. The lowest BCUT2D eigenvalue weighted by Gasteiger charge is -2.25. The lowest BCUT2D eigenvalue weighted by molar-refractivity contribution is -0.119. The quantitative estimate of drug-likeness (QED) is 0.895. The summed E-state index contributed by atoms with van der Waals surface area (Å²) < 4.78 is 0. The van der Waals surface area contributed by atoms with E-state index in [1.807, 2.05) is 26.3 Å². The van der Waals surface area contributed by atoms with E-state index in [4.69, 9.17) is 4.98 Å². The highest BCUT2D eigenvalue weighted by atomic mass is 32.2. The summed E-state index contributed by atoms with van der Waals surface area (Å²) in [6, 6.07) is -0.0592. The number of carbonyl (C=O) groups excluding carboxylic acids is 1. The maximum Gasteiger partial charge on any atom is 0.230 e. The van der Waals surface area contributed by atoms with Crippen molar-refractivity contribution in [3.8, 4) is 0 Å². The number of rotatable bonds is 5. The van der Waals surface area contributed by atoms with Crippen molar-refractivity contribution < 1.29 is 4.79 Å². The lowest BCUT2D eigenvalue weighted by atomic mass is 10.1. The molecule has 0 aliphatic carbocycles. The Labute approximate surface area is 143 Å². The summed E-state index contributed by atoms with van der Waals surface area (Å²) in [7, 11) is 0. The third-order valence-electron chi connectivity index (χ3n) is 4.26. The summed E-state index contributed by atoms with van der Waals surface area (Å²) in [6.45, 7) is 6.07. The molecular formula is C17H28N4OS. The van der Waals surface area contributed by atoms with E-state index in [0.717, 1.165) is 30.3 Å². The highest BCUT2D eigenvalue weighted by Gasteiger charge is 2.16. The molecule has 2 rings (SSSR count). The molecule has 1 aliphatic rings. The average molecular weight is 337 g/mol. The van der Waals surface area contributed by atoms with Gasteiger partial charge in [-0.15, -0.1) is 0 Å². The molecule has 1 atom stereocenters. The van der Waals surface area contributed by atoms with Gasteiger partial charge in [-0.3, -0.25) is 4.79 Å². The summed E-state index contributed by atoms with van der Waals surface area (Å²) in [4.78, 5) is 23.3. The van der Waals surface area contributed by atoms with E-state index < -0.39 is 0 Å². The van der Waals surface area contributed by atoms with Gasteiger partial charge in [-0.05, 0) is 32.9 Å². The normalized spacial score (nSPS) is 17.3. The largest absolute Gasteiger partial charge is 0.349 e. The van der Waals surface area contributed by atoms with Crippen LogP contribution in [0.1, 0.15) is 56.3 Å². The van der Waals surface area contributed by atoms with Crippen LogP contribution < -0.4 is 10.2 Å². The van der Waals surface area contributed by atoms with Crippen molar-refractivity contribution in [2.45, 2.75) is 52.0 Å². The van der Waals surface area contributed by atoms with Crippen molar-refractivity contribution >= 4 is 23.6 Å². The van der Waals surface area contributed by atoms with Crippen LogP contribution in [0, 0.1) is 6.92 Å². The lowest BCUT2D eigenvalue weighted by Crippen LogP contribution is -2.31. The van der Waals surface area contributed by atoms with Gasteiger partial charge in [0.05, 0.1) is 11.8 Å². The second kappa shape index (κ2) is 9.11. The maximum absolute atomic E-state index is 11.7. The minimum absolute atomic E-state index is 0.0530. The van der Waals surface area contributed by atoms with Gasteiger partial charge in [0.15, 0.2) is 0 Å². The summed E-state index contributed by atoms with van der Waals surface area (Å²) >= 11 is 1.53. The van der Waals surface area contributed by atoms with Crippen molar-refractivity contribution in [1.82, 2.24) is 15.3 Å². The van der Waals surface area contributed by atoms with Gasteiger partial charge in [0, 0.05) is 30.5 Å². The topological polar surface area (TPSA) is 58.1 Å². The molecule has 1 aliphatic heterocycles. The van der Waals surface area contributed by atoms with Gasteiger partial charge in [0.25, 0.3) is 0 Å². The number of hydrogen-bond acceptors (Lipinski definition) is 5. The van der Waals surface area contributed by atoms with Crippen molar-refractivity contribution in [2.24, 2.45) is 0 Å². The molecule has 6 heteroatoms. The Morgan fingerprint density at radius 1 is 1.30 bits per heavy atom. The van der Waals surface area contributed by atoms with Crippen molar-refractivity contribution in [1.29, 1.82) is 0 Å². The first-order chi connectivity index (χ1) is 11.1. The fraction of sp³-hybridized carbons (Fsp3) is 0.706. The highest BCUT2D eigenvalue weighted by molar-refractivity contribution is 7.99. The van der Waals surface area contributed by atoms with Crippen LogP contribution in [-0.2, 0) is 4.79 Å². The Balaban J connectivity index is 2.05. The number of nitrogens with one attached hydrogen (secondary N) is 1. The molecule has 0 spiro atoms. The number of anilines is 1. The van der Waals surface area contributed by atoms with Gasteiger partial charge in [0.1, 0.15) is 0 Å².